The Kier molecular flexibility index (Phi) is 16.4. The maximum Gasteiger partial charge on any atom is 0.325 e. The summed E-state index contributed by atoms with van der Waals surface area (Å²) in [5, 5.41) is 22.5. The second-order valence-electron chi connectivity index (χ2n) is 13.2. The topological polar surface area (TPSA) is 209 Å². The summed E-state index contributed by atoms with van der Waals surface area (Å²) in [6.45, 7) is 10.4. The van der Waals surface area contributed by atoms with Crippen LogP contribution in [0.5, 0.6) is 0 Å². The van der Waals surface area contributed by atoms with E-state index in [2.05, 4.69) is 26.6 Å². The smallest absolute Gasteiger partial charge is 0.325 e. The minimum atomic E-state index is -1.23. The average Bonchev–Trinajstić information content (AvgIpc) is 3.03. The lowest BCUT2D eigenvalue weighted by Crippen LogP contribution is -2.59. The number of amides is 5. The molecule has 0 radical (unpaired) electrons. The van der Waals surface area contributed by atoms with Crippen LogP contribution >= 0.6 is 0 Å². The van der Waals surface area contributed by atoms with E-state index in [-0.39, 0.29) is 31.1 Å². The molecule has 2 aromatic carbocycles. The van der Waals surface area contributed by atoms with Gasteiger partial charge in [0, 0.05) is 12.8 Å². The molecule has 13 nitrogen and oxygen atoms in total. The summed E-state index contributed by atoms with van der Waals surface area (Å²) in [5.74, 6) is -4.20. The molecular weight excluding hydrogens is 628 g/mol. The van der Waals surface area contributed by atoms with Gasteiger partial charge in [-0.05, 0) is 49.7 Å². The van der Waals surface area contributed by atoms with E-state index in [4.69, 9.17) is 5.73 Å². The van der Waals surface area contributed by atoms with E-state index in [1.54, 1.807) is 54.6 Å². The lowest BCUT2D eigenvalue weighted by Gasteiger charge is -2.27. The largest absolute Gasteiger partial charge is 0.480 e. The van der Waals surface area contributed by atoms with Crippen LogP contribution in [0.1, 0.15) is 65.5 Å². The van der Waals surface area contributed by atoms with Gasteiger partial charge in [-0.2, -0.15) is 0 Å². The van der Waals surface area contributed by atoms with Gasteiger partial charge in [-0.3, -0.25) is 28.8 Å². The zero-order valence-corrected chi connectivity index (χ0v) is 29.2. The van der Waals surface area contributed by atoms with Crippen LogP contribution in [-0.2, 0) is 41.6 Å². The number of nitrogens with two attached hydrogens (primary N) is 1. The van der Waals surface area contributed by atoms with Crippen molar-refractivity contribution < 1.29 is 33.9 Å². The molecule has 0 spiro atoms. The summed E-state index contributed by atoms with van der Waals surface area (Å²) in [4.78, 5) is 78.0. The third kappa shape index (κ3) is 14.5. The van der Waals surface area contributed by atoms with Crippen LogP contribution in [0.2, 0.25) is 0 Å². The van der Waals surface area contributed by atoms with E-state index in [0.29, 0.717) is 6.42 Å². The molecule has 0 fully saturated rings. The second kappa shape index (κ2) is 19.9. The van der Waals surface area contributed by atoms with Crippen molar-refractivity contribution >= 4 is 35.5 Å². The fourth-order valence-corrected chi connectivity index (χ4v) is 5.04. The van der Waals surface area contributed by atoms with Crippen molar-refractivity contribution in [3.63, 3.8) is 0 Å². The fourth-order valence-electron chi connectivity index (χ4n) is 5.04. The van der Waals surface area contributed by atoms with Gasteiger partial charge in [0.15, 0.2) is 0 Å². The van der Waals surface area contributed by atoms with Gasteiger partial charge in [0.25, 0.3) is 0 Å². The number of carboxylic acids is 1. The quantitative estimate of drug-likeness (QED) is 0.115. The highest BCUT2D eigenvalue weighted by molar-refractivity contribution is 5.96. The molecule has 0 unspecified atom stereocenters. The number of benzene rings is 2. The summed E-state index contributed by atoms with van der Waals surface area (Å²) in [7, 11) is 0. The molecular formula is C36H52N6O7. The van der Waals surface area contributed by atoms with Gasteiger partial charge >= 0.3 is 5.97 Å². The Morgan fingerprint density at radius 3 is 1.37 bits per heavy atom. The molecule has 0 aromatic heterocycles. The molecule has 13 heteroatoms. The first-order valence-electron chi connectivity index (χ1n) is 16.6. The number of aliphatic carboxylic acids is 1. The average molecular weight is 681 g/mol. The molecule has 8 N–H and O–H groups in total. The Labute approximate surface area is 288 Å². The van der Waals surface area contributed by atoms with Crippen molar-refractivity contribution in [2.24, 2.45) is 17.6 Å². The number of rotatable bonds is 19. The first kappa shape index (κ1) is 40.4. The van der Waals surface area contributed by atoms with E-state index < -0.39 is 71.8 Å². The molecule has 6 atom stereocenters. The van der Waals surface area contributed by atoms with Crippen LogP contribution in [0.3, 0.4) is 0 Å². The first-order chi connectivity index (χ1) is 23.1. The summed E-state index contributed by atoms with van der Waals surface area (Å²) >= 11 is 0. The molecule has 49 heavy (non-hydrogen) atoms. The zero-order valence-electron chi connectivity index (χ0n) is 29.2. The van der Waals surface area contributed by atoms with Crippen LogP contribution in [0, 0.1) is 11.8 Å². The predicted molar refractivity (Wildman–Crippen MR) is 186 cm³/mol. The molecule has 0 aliphatic rings. The predicted octanol–water partition coefficient (Wildman–Crippen LogP) is 1.44. The fraction of sp³-hybridized carbons (Fsp3) is 0.500. The Morgan fingerprint density at radius 1 is 0.531 bits per heavy atom. The SMILES string of the molecule is CC(C)C[C@H](NC(=O)[C@H](Cc1ccccc1)NC(=O)[C@H](C)NC(=O)[C@@H](N)CC(C)C)C(=O)N[C@@H](Cc1ccccc1)C(=O)N[C@@H](C)C(=O)O. The van der Waals surface area contributed by atoms with Gasteiger partial charge in [0.1, 0.15) is 30.2 Å². The zero-order chi connectivity index (χ0) is 36.7. The first-order valence-corrected chi connectivity index (χ1v) is 16.6. The summed E-state index contributed by atoms with van der Waals surface area (Å²) in [5.41, 5.74) is 7.45. The Bertz CT molecular complexity index is 1400. The Balaban J connectivity index is 2.29. The molecule has 0 saturated carbocycles. The molecule has 5 amide bonds. The summed E-state index contributed by atoms with van der Waals surface area (Å²) < 4.78 is 0. The van der Waals surface area contributed by atoms with Crippen LogP contribution in [0.4, 0.5) is 0 Å². The summed E-state index contributed by atoms with van der Waals surface area (Å²) in [6.07, 6.45) is 0.804. The molecule has 0 aliphatic carbocycles. The lowest BCUT2D eigenvalue weighted by molar-refractivity contribution is -0.141. The van der Waals surface area contributed by atoms with Gasteiger partial charge in [-0.1, -0.05) is 88.4 Å². The van der Waals surface area contributed by atoms with Crippen LogP contribution in [0.25, 0.3) is 0 Å². The highest BCUT2D eigenvalue weighted by Crippen LogP contribution is 2.11. The third-order valence-electron chi connectivity index (χ3n) is 7.71. The van der Waals surface area contributed by atoms with Crippen LogP contribution in [-0.4, -0.2) is 76.9 Å². The van der Waals surface area contributed by atoms with Crippen LogP contribution in [0.15, 0.2) is 60.7 Å². The lowest BCUT2D eigenvalue weighted by atomic mass is 9.99. The van der Waals surface area contributed by atoms with Crippen LogP contribution < -0.4 is 32.3 Å². The van der Waals surface area contributed by atoms with E-state index >= 15 is 0 Å². The Hall–Kier alpha value is -4.78. The van der Waals surface area contributed by atoms with Crippen molar-refractivity contribution in [2.75, 3.05) is 0 Å². The Morgan fingerprint density at radius 2 is 0.918 bits per heavy atom. The number of hydrogen-bond donors (Lipinski definition) is 7. The monoisotopic (exact) mass is 680 g/mol. The van der Waals surface area contributed by atoms with E-state index in [9.17, 15) is 33.9 Å². The number of carbonyl (C=O) groups is 6. The van der Waals surface area contributed by atoms with Crippen molar-refractivity contribution in [3.05, 3.63) is 71.8 Å². The van der Waals surface area contributed by atoms with E-state index in [1.807, 2.05) is 33.8 Å². The van der Waals surface area contributed by atoms with Crippen molar-refractivity contribution in [3.8, 4) is 0 Å². The van der Waals surface area contributed by atoms with Gasteiger partial charge < -0.3 is 37.4 Å². The third-order valence-corrected chi connectivity index (χ3v) is 7.71. The van der Waals surface area contributed by atoms with Gasteiger partial charge in [-0.15, -0.1) is 0 Å². The molecule has 2 rings (SSSR count). The standard InChI is InChI=1S/C36H52N6O7/c1-21(2)17-27(37)32(44)38-23(5)31(43)40-30(20-26-15-11-8-12-16-26)35(47)41-28(18-22(3)4)34(46)42-29(19-25-13-9-7-10-14-25)33(45)39-24(6)36(48)49/h7-16,21-24,27-30H,17-20,37H2,1-6H3,(H,38,44)(H,39,45)(H,40,43)(H,41,47)(H,42,46)(H,48,49)/t23-,24-,27-,28-,29-,30-/m0/s1. The molecule has 268 valence electrons. The normalized spacial score (nSPS) is 14.8. The van der Waals surface area contributed by atoms with Gasteiger partial charge in [0.2, 0.25) is 29.5 Å². The number of nitrogens with one attached hydrogen (secondary N) is 5. The summed E-state index contributed by atoms with van der Waals surface area (Å²) in [6, 6.07) is 11.5. The van der Waals surface area contributed by atoms with E-state index in [0.717, 1.165) is 11.1 Å². The van der Waals surface area contributed by atoms with Crippen molar-refractivity contribution in [1.29, 1.82) is 0 Å². The van der Waals surface area contributed by atoms with Gasteiger partial charge in [0.05, 0.1) is 6.04 Å². The maximum absolute atomic E-state index is 13.8. The highest BCUT2D eigenvalue weighted by atomic mass is 16.4. The van der Waals surface area contributed by atoms with Crippen molar-refractivity contribution in [2.45, 2.75) is 103 Å². The van der Waals surface area contributed by atoms with Crippen molar-refractivity contribution in [1.82, 2.24) is 26.6 Å². The molecule has 0 aliphatic heterocycles. The second-order valence-corrected chi connectivity index (χ2v) is 13.2. The molecule has 2 aromatic rings. The minimum Gasteiger partial charge on any atom is -0.480 e. The maximum atomic E-state index is 13.8. The van der Waals surface area contributed by atoms with E-state index in [1.165, 1.54) is 13.8 Å². The number of carboxylic acid groups (broad SMARTS) is 1. The molecule has 0 saturated heterocycles. The van der Waals surface area contributed by atoms with Gasteiger partial charge in [-0.25, -0.2) is 0 Å². The number of carbonyl (C=O) groups excluding carboxylic acids is 5. The number of hydrogen-bond acceptors (Lipinski definition) is 7. The molecule has 0 bridgehead atoms. The minimum absolute atomic E-state index is 0.0584. The molecule has 0 heterocycles. The highest BCUT2D eigenvalue weighted by Gasteiger charge is 2.32.